The standard InChI is InChI=1S/C16H30N2O3/c1-4-6-13(15(17)20)14(9-11(2)3)16(21)18-8-5-7-12(19)10-18/h11-14,19H,4-10H2,1-3H3,(H2,17,20)/t12-,13?,14?/m1/s1. The molecule has 5 heteroatoms. The van der Waals surface area contributed by atoms with Gasteiger partial charge in [0.25, 0.3) is 0 Å². The third-order valence-corrected chi connectivity index (χ3v) is 4.20. The molecule has 0 aromatic rings. The van der Waals surface area contributed by atoms with E-state index >= 15 is 0 Å². The number of carbonyl (C=O) groups excluding carboxylic acids is 2. The van der Waals surface area contributed by atoms with Crippen LogP contribution in [0.1, 0.15) is 52.9 Å². The van der Waals surface area contributed by atoms with Gasteiger partial charge in [0.15, 0.2) is 0 Å². The summed E-state index contributed by atoms with van der Waals surface area (Å²) in [6, 6.07) is 0. The molecule has 2 amide bonds. The first-order valence-electron chi connectivity index (χ1n) is 8.12. The minimum atomic E-state index is -0.444. The zero-order valence-corrected chi connectivity index (χ0v) is 13.5. The van der Waals surface area contributed by atoms with Gasteiger partial charge in [-0.2, -0.15) is 0 Å². The van der Waals surface area contributed by atoms with E-state index in [1.165, 1.54) is 0 Å². The van der Waals surface area contributed by atoms with Crippen molar-refractivity contribution >= 4 is 11.8 Å². The van der Waals surface area contributed by atoms with Gasteiger partial charge in [-0.3, -0.25) is 9.59 Å². The molecule has 0 bridgehead atoms. The second-order valence-electron chi connectivity index (χ2n) is 6.61. The van der Waals surface area contributed by atoms with Crippen LogP contribution < -0.4 is 5.73 Å². The highest BCUT2D eigenvalue weighted by Gasteiger charge is 2.36. The van der Waals surface area contributed by atoms with E-state index < -0.39 is 12.0 Å². The smallest absolute Gasteiger partial charge is 0.226 e. The molecular weight excluding hydrogens is 268 g/mol. The van der Waals surface area contributed by atoms with E-state index in [2.05, 4.69) is 13.8 Å². The van der Waals surface area contributed by atoms with Gasteiger partial charge in [0, 0.05) is 24.9 Å². The molecule has 0 aromatic carbocycles. The van der Waals surface area contributed by atoms with Crippen molar-refractivity contribution in [2.45, 2.75) is 59.0 Å². The van der Waals surface area contributed by atoms with E-state index in [1.54, 1.807) is 4.90 Å². The van der Waals surface area contributed by atoms with Gasteiger partial charge in [-0.25, -0.2) is 0 Å². The second-order valence-corrected chi connectivity index (χ2v) is 6.61. The van der Waals surface area contributed by atoms with Crippen LogP contribution in [0.3, 0.4) is 0 Å². The highest BCUT2D eigenvalue weighted by Crippen LogP contribution is 2.28. The van der Waals surface area contributed by atoms with Gasteiger partial charge in [-0.1, -0.05) is 27.2 Å². The van der Waals surface area contributed by atoms with E-state index in [9.17, 15) is 14.7 Å². The summed E-state index contributed by atoms with van der Waals surface area (Å²) in [5.74, 6) is -0.822. The first-order chi connectivity index (χ1) is 9.86. The van der Waals surface area contributed by atoms with Crippen LogP contribution in [0.5, 0.6) is 0 Å². The van der Waals surface area contributed by atoms with E-state index in [1.807, 2.05) is 6.92 Å². The maximum atomic E-state index is 12.8. The number of primary amides is 1. The Kier molecular flexibility index (Phi) is 7.15. The molecule has 0 saturated carbocycles. The number of β-amino-alcohol motifs (C(OH)–C–C–N with tert-alkyl or cyclic N) is 1. The molecule has 21 heavy (non-hydrogen) atoms. The molecule has 0 aliphatic carbocycles. The van der Waals surface area contributed by atoms with Gasteiger partial charge >= 0.3 is 0 Å². The van der Waals surface area contributed by atoms with Crippen LogP contribution in [0.25, 0.3) is 0 Å². The fraction of sp³-hybridized carbons (Fsp3) is 0.875. The fourth-order valence-corrected chi connectivity index (χ4v) is 3.19. The molecule has 0 aromatic heterocycles. The van der Waals surface area contributed by atoms with Gasteiger partial charge in [0.2, 0.25) is 11.8 Å². The first kappa shape index (κ1) is 18.0. The van der Waals surface area contributed by atoms with Crippen molar-refractivity contribution in [3.05, 3.63) is 0 Å². The molecule has 1 heterocycles. The van der Waals surface area contributed by atoms with Crippen molar-refractivity contribution in [3.63, 3.8) is 0 Å². The Balaban J connectivity index is 2.88. The average Bonchev–Trinajstić information content (AvgIpc) is 2.41. The van der Waals surface area contributed by atoms with Crippen LogP contribution in [-0.4, -0.2) is 41.0 Å². The number of rotatable bonds is 7. The predicted octanol–water partition coefficient (Wildman–Crippen LogP) is 1.53. The number of amides is 2. The normalized spacial score (nSPS) is 22.1. The zero-order valence-electron chi connectivity index (χ0n) is 13.5. The molecule has 3 atom stereocenters. The molecule has 0 spiro atoms. The van der Waals surface area contributed by atoms with Crippen molar-refractivity contribution in [1.29, 1.82) is 0 Å². The lowest BCUT2D eigenvalue weighted by molar-refractivity contribution is -0.144. The number of nitrogens with zero attached hydrogens (tertiary/aromatic N) is 1. The highest BCUT2D eigenvalue weighted by molar-refractivity contribution is 5.87. The summed E-state index contributed by atoms with van der Waals surface area (Å²) in [4.78, 5) is 26.3. The first-order valence-corrected chi connectivity index (χ1v) is 8.12. The maximum absolute atomic E-state index is 12.8. The lowest BCUT2D eigenvalue weighted by Crippen LogP contribution is -2.48. The number of piperidine rings is 1. The molecule has 1 fully saturated rings. The Bertz CT molecular complexity index is 357. The lowest BCUT2D eigenvalue weighted by Gasteiger charge is -2.35. The molecule has 1 aliphatic heterocycles. The summed E-state index contributed by atoms with van der Waals surface area (Å²) in [5, 5.41) is 9.76. The quantitative estimate of drug-likeness (QED) is 0.747. The lowest BCUT2D eigenvalue weighted by atomic mass is 9.81. The monoisotopic (exact) mass is 298 g/mol. The fourth-order valence-electron chi connectivity index (χ4n) is 3.19. The molecule has 1 aliphatic rings. The Morgan fingerprint density at radius 3 is 2.48 bits per heavy atom. The molecule has 2 unspecified atom stereocenters. The summed E-state index contributed by atoms with van der Waals surface area (Å²) >= 11 is 0. The van der Waals surface area contributed by atoms with Gasteiger partial charge in [0.05, 0.1) is 6.10 Å². The molecule has 1 saturated heterocycles. The summed E-state index contributed by atoms with van der Waals surface area (Å²) in [6.45, 7) is 7.15. The molecule has 5 nitrogen and oxygen atoms in total. The SMILES string of the molecule is CCCC(C(N)=O)C(CC(C)C)C(=O)N1CCC[C@@H](O)C1. The van der Waals surface area contributed by atoms with E-state index in [-0.39, 0.29) is 17.7 Å². The van der Waals surface area contributed by atoms with Crippen LogP contribution in [0.4, 0.5) is 0 Å². The van der Waals surface area contributed by atoms with Crippen LogP contribution in [0.15, 0.2) is 0 Å². The van der Waals surface area contributed by atoms with Crippen molar-refractivity contribution < 1.29 is 14.7 Å². The van der Waals surface area contributed by atoms with Gasteiger partial charge < -0.3 is 15.7 Å². The minimum Gasteiger partial charge on any atom is -0.391 e. The number of aliphatic hydroxyl groups is 1. The Labute approximate surface area is 127 Å². The van der Waals surface area contributed by atoms with Crippen LogP contribution >= 0.6 is 0 Å². The molecule has 3 N–H and O–H groups in total. The number of carbonyl (C=O) groups is 2. The number of likely N-dealkylation sites (tertiary alicyclic amines) is 1. The highest BCUT2D eigenvalue weighted by atomic mass is 16.3. The Hall–Kier alpha value is -1.10. The third kappa shape index (κ3) is 5.30. The zero-order chi connectivity index (χ0) is 16.0. The van der Waals surface area contributed by atoms with E-state index in [0.717, 1.165) is 19.3 Å². The van der Waals surface area contributed by atoms with Gasteiger partial charge in [-0.15, -0.1) is 0 Å². The summed E-state index contributed by atoms with van der Waals surface area (Å²) in [6.07, 6.45) is 3.26. The summed E-state index contributed by atoms with van der Waals surface area (Å²) in [5.41, 5.74) is 5.53. The molecule has 0 radical (unpaired) electrons. The third-order valence-electron chi connectivity index (χ3n) is 4.20. The molecule has 1 rings (SSSR count). The molecular formula is C16H30N2O3. The molecule has 122 valence electrons. The summed E-state index contributed by atoms with van der Waals surface area (Å²) < 4.78 is 0. The number of hydrogen-bond acceptors (Lipinski definition) is 3. The van der Waals surface area contributed by atoms with Gasteiger partial charge in [-0.05, 0) is 31.6 Å². The average molecular weight is 298 g/mol. The van der Waals surface area contributed by atoms with E-state index in [4.69, 9.17) is 5.73 Å². The van der Waals surface area contributed by atoms with Crippen LogP contribution in [-0.2, 0) is 9.59 Å². The van der Waals surface area contributed by atoms with Gasteiger partial charge in [0.1, 0.15) is 0 Å². The van der Waals surface area contributed by atoms with Crippen molar-refractivity contribution in [1.82, 2.24) is 4.90 Å². The van der Waals surface area contributed by atoms with Crippen molar-refractivity contribution in [2.24, 2.45) is 23.5 Å². The predicted molar refractivity (Wildman–Crippen MR) is 82.4 cm³/mol. The van der Waals surface area contributed by atoms with Crippen molar-refractivity contribution in [2.75, 3.05) is 13.1 Å². The van der Waals surface area contributed by atoms with Crippen molar-refractivity contribution in [3.8, 4) is 0 Å². The number of hydrogen-bond donors (Lipinski definition) is 2. The number of aliphatic hydroxyl groups excluding tert-OH is 1. The Morgan fingerprint density at radius 1 is 1.33 bits per heavy atom. The second kappa shape index (κ2) is 8.37. The summed E-state index contributed by atoms with van der Waals surface area (Å²) in [7, 11) is 0. The minimum absolute atomic E-state index is 0.0142. The topological polar surface area (TPSA) is 83.6 Å². The largest absolute Gasteiger partial charge is 0.391 e. The van der Waals surface area contributed by atoms with E-state index in [0.29, 0.717) is 31.8 Å². The van der Waals surface area contributed by atoms with Crippen LogP contribution in [0, 0.1) is 17.8 Å². The number of nitrogens with two attached hydrogens (primary N) is 1. The maximum Gasteiger partial charge on any atom is 0.226 e. The van der Waals surface area contributed by atoms with Crippen LogP contribution in [0.2, 0.25) is 0 Å². The Morgan fingerprint density at radius 2 is 2.00 bits per heavy atom.